The molecule has 1 atom stereocenters. The quantitative estimate of drug-likeness (QED) is 0.745. The molecule has 0 saturated carbocycles. The molecule has 0 bridgehead atoms. The van der Waals surface area contributed by atoms with Crippen molar-refractivity contribution in [1.29, 1.82) is 0 Å². The number of amides is 1. The number of piperidine rings is 1. The summed E-state index contributed by atoms with van der Waals surface area (Å²) >= 11 is -2.20. The molecular weight excluding hydrogens is 332 g/mol. The normalized spacial score (nSPS) is 16.7. The van der Waals surface area contributed by atoms with E-state index in [0.29, 0.717) is 42.6 Å². The van der Waals surface area contributed by atoms with E-state index < -0.39 is 11.3 Å². The van der Waals surface area contributed by atoms with Crippen molar-refractivity contribution >= 4 is 17.2 Å². The van der Waals surface area contributed by atoms with Crippen LogP contribution in [0.2, 0.25) is 0 Å². The Hall–Kier alpha value is -1.64. The molecule has 1 saturated heterocycles. The molecule has 1 amide bonds. The third-order valence-corrected chi connectivity index (χ3v) is 4.74. The van der Waals surface area contributed by atoms with Crippen LogP contribution in [0, 0.1) is 5.92 Å². The minimum Gasteiger partial charge on any atom is -0.760 e. The van der Waals surface area contributed by atoms with Crippen molar-refractivity contribution in [1.82, 2.24) is 9.62 Å². The summed E-state index contributed by atoms with van der Waals surface area (Å²) in [6.45, 7) is 1.81. The predicted octanol–water partition coefficient (Wildman–Crippen LogP) is 1.33. The highest BCUT2D eigenvalue weighted by molar-refractivity contribution is 7.77. The second kappa shape index (κ2) is 9.00. The van der Waals surface area contributed by atoms with E-state index in [2.05, 4.69) is 4.72 Å². The molecule has 24 heavy (non-hydrogen) atoms. The van der Waals surface area contributed by atoms with Crippen molar-refractivity contribution in [3.8, 4) is 11.5 Å². The average Bonchev–Trinajstić information content (AvgIpc) is 2.60. The number of ether oxygens (including phenoxy) is 2. The average molecular weight is 355 g/mol. The molecular formula is C16H23N2O5S-. The topological polar surface area (TPSA) is 90.9 Å². The zero-order valence-corrected chi connectivity index (χ0v) is 14.8. The number of benzene rings is 1. The first-order valence-electron chi connectivity index (χ1n) is 7.89. The van der Waals surface area contributed by atoms with Gasteiger partial charge in [-0.25, -0.2) is 4.72 Å². The van der Waals surface area contributed by atoms with Crippen LogP contribution in [-0.2, 0) is 11.3 Å². The van der Waals surface area contributed by atoms with Crippen LogP contribution in [0.1, 0.15) is 29.6 Å². The lowest BCUT2D eigenvalue weighted by molar-refractivity contribution is 0.0687. The molecule has 1 N–H and O–H groups in total. The summed E-state index contributed by atoms with van der Waals surface area (Å²) < 4.78 is 33.7. The summed E-state index contributed by atoms with van der Waals surface area (Å²) in [4.78, 5) is 14.4. The minimum atomic E-state index is -2.20. The van der Waals surface area contributed by atoms with E-state index >= 15 is 0 Å². The molecule has 0 spiro atoms. The van der Waals surface area contributed by atoms with Gasteiger partial charge in [0.2, 0.25) is 0 Å². The molecule has 1 aliphatic heterocycles. The van der Waals surface area contributed by atoms with Crippen molar-refractivity contribution < 1.29 is 23.0 Å². The molecule has 1 unspecified atom stereocenters. The first-order chi connectivity index (χ1) is 11.5. The second-order valence-corrected chi connectivity index (χ2v) is 6.48. The van der Waals surface area contributed by atoms with Gasteiger partial charge in [0.15, 0.2) is 11.5 Å². The molecule has 1 aromatic rings. The van der Waals surface area contributed by atoms with Crippen molar-refractivity contribution in [3.63, 3.8) is 0 Å². The van der Waals surface area contributed by atoms with Gasteiger partial charge in [-0.15, -0.1) is 0 Å². The smallest absolute Gasteiger partial charge is 0.253 e. The van der Waals surface area contributed by atoms with Gasteiger partial charge >= 0.3 is 0 Å². The number of rotatable bonds is 7. The van der Waals surface area contributed by atoms with Gasteiger partial charge in [0.05, 0.1) is 14.2 Å². The Labute approximate surface area is 144 Å². The van der Waals surface area contributed by atoms with E-state index in [-0.39, 0.29) is 5.91 Å². The molecule has 2 rings (SSSR count). The zero-order valence-electron chi connectivity index (χ0n) is 13.9. The number of likely N-dealkylation sites (tertiary alicyclic amines) is 1. The summed E-state index contributed by atoms with van der Waals surface area (Å²) in [7, 11) is 3.10. The molecule has 1 fully saturated rings. The SMILES string of the molecule is COc1ccc(C(=O)N2CCC(CCNS(=O)[O-])CC2)cc1OC. The molecule has 0 aromatic heterocycles. The largest absolute Gasteiger partial charge is 0.760 e. The first kappa shape index (κ1) is 18.7. The highest BCUT2D eigenvalue weighted by atomic mass is 32.2. The Balaban J connectivity index is 1.89. The molecule has 7 nitrogen and oxygen atoms in total. The predicted molar refractivity (Wildman–Crippen MR) is 89.7 cm³/mol. The van der Waals surface area contributed by atoms with Crippen molar-refractivity contribution in [2.45, 2.75) is 19.3 Å². The van der Waals surface area contributed by atoms with Gasteiger partial charge in [0.25, 0.3) is 5.91 Å². The molecule has 134 valence electrons. The van der Waals surface area contributed by atoms with Gasteiger partial charge in [0.1, 0.15) is 0 Å². The van der Waals surface area contributed by atoms with E-state index in [4.69, 9.17) is 9.47 Å². The molecule has 0 radical (unpaired) electrons. The molecule has 1 heterocycles. The molecule has 8 heteroatoms. The van der Waals surface area contributed by atoms with Crippen LogP contribution in [0.15, 0.2) is 18.2 Å². The number of hydrogen-bond donors (Lipinski definition) is 1. The fourth-order valence-electron chi connectivity index (χ4n) is 2.92. The van der Waals surface area contributed by atoms with Crippen LogP contribution >= 0.6 is 0 Å². The van der Waals surface area contributed by atoms with Crippen LogP contribution < -0.4 is 14.2 Å². The Bertz CT molecular complexity index is 588. The maximum absolute atomic E-state index is 12.6. The van der Waals surface area contributed by atoms with Gasteiger partial charge in [-0.3, -0.25) is 9.00 Å². The van der Waals surface area contributed by atoms with E-state index in [1.165, 1.54) is 0 Å². The number of carbonyl (C=O) groups excluding carboxylic acids is 1. The Morgan fingerprint density at radius 3 is 2.54 bits per heavy atom. The lowest BCUT2D eigenvalue weighted by atomic mass is 9.93. The fraction of sp³-hybridized carbons (Fsp3) is 0.562. The summed E-state index contributed by atoms with van der Waals surface area (Å²) in [5.41, 5.74) is 0.578. The number of nitrogens with one attached hydrogen (secondary N) is 1. The van der Waals surface area contributed by atoms with E-state index in [0.717, 1.165) is 19.3 Å². The monoisotopic (exact) mass is 355 g/mol. The zero-order chi connectivity index (χ0) is 17.5. The first-order valence-corrected chi connectivity index (χ1v) is 8.96. The van der Waals surface area contributed by atoms with Crippen LogP contribution in [-0.4, -0.2) is 53.4 Å². The number of methoxy groups -OCH3 is 2. The number of nitrogens with zero attached hydrogens (tertiary/aromatic N) is 1. The van der Waals surface area contributed by atoms with Crippen LogP contribution in [0.3, 0.4) is 0 Å². The summed E-state index contributed by atoms with van der Waals surface area (Å²) in [6.07, 6.45) is 2.56. The standard InChI is InChI=1S/C16H24N2O5S/c1-22-14-4-3-13(11-15(14)23-2)16(19)18-9-6-12(7-10-18)5-8-17-24(20)21/h3-4,11-12,17H,5-10H2,1-2H3,(H,20,21)/p-1. The van der Waals surface area contributed by atoms with Gasteiger partial charge < -0.3 is 18.9 Å². The summed E-state index contributed by atoms with van der Waals surface area (Å²) in [5, 5.41) is 0. The highest BCUT2D eigenvalue weighted by Crippen LogP contribution is 2.29. The Morgan fingerprint density at radius 1 is 1.29 bits per heavy atom. The van der Waals surface area contributed by atoms with E-state index in [1.54, 1.807) is 32.4 Å². The Morgan fingerprint density at radius 2 is 1.96 bits per heavy atom. The lowest BCUT2D eigenvalue weighted by Gasteiger charge is -2.32. The van der Waals surface area contributed by atoms with E-state index in [1.807, 2.05) is 4.90 Å². The number of carbonyl (C=O) groups is 1. The fourth-order valence-corrected chi connectivity index (χ4v) is 3.21. The van der Waals surface area contributed by atoms with Crippen LogP contribution in [0.5, 0.6) is 11.5 Å². The summed E-state index contributed by atoms with van der Waals surface area (Å²) in [6, 6.07) is 5.16. The van der Waals surface area contributed by atoms with Crippen molar-refractivity contribution in [2.24, 2.45) is 5.92 Å². The van der Waals surface area contributed by atoms with Crippen molar-refractivity contribution in [2.75, 3.05) is 33.9 Å². The molecule has 1 aromatic carbocycles. The Kier molecular flexibility index (Phi) is 7.01. The maximum atomic E-state index is 12.6. The third-order valence-electron chi connectivity index (χ3n) is 4.30. The van der Waals surface area contributed by atoms with Gasteiger partial charge in [-0.1, -0.05) is 0 Å². The number of hydrogen-bond acceptors (Lipinski definition) is 5. The summed E-state index contributed by atoms with van der Waals surface area (Å²) in [5.74, 6) is 1.55. The van der Waals surface area contributed by atoms with Gasteiger partial charge in [0, 0.05) is 36.5 Å². The minimum absolute atomic E-state index is 0.0202. The highest BCUT2D eigenvalue weighted by Gasteiger charge is 2.24. The van der Waals surface area contributed by atoms with Crippen LogP contribution in [0.25, 0.3) is 0 Å². The third kappa shape index (κ3) is 4.93. The molecule has 0 aliphatic carbocycles. The van der Waals surface area contributed by atoms with Gasteiger partial charge in [-0.2, -0.15) is 0 Å². The maximum Gasteiger partial charge on any atom is 0.253 e. The van der Waals surface area contributed by atoms with Gasteiger partial charge in [-0.05, 0) is 43.4 Å². The lowest BCUT2D eigenvalue weighted by Crippen LogP contribution is -2.39. The second-order valence-electron chi connectivity index (χ2n) is 5.72. The molecule has 1 aliphatic rings. The van der Waals surface area contributed by atoms with Crippen LogP contribution in [0.4, 0.5) is 0 Å². The van der Waals surface area contributed by atoms with E-state index in [9.17, 15) is 13.6 Å². The van der Waals surface area contributed by atoms with Crippen molar-refractivity contribution in [3.05, 3.63) is 23.8 Å².